The molecule has 1 aliphatic rings. The van der Waals surface area contributed by atoms with Gasteiger partial charge in [0, 0.05) is 43.4 Å². The molecule has 0 spiro atoms. The van der Waals surface area contributed by atoms with Crippen molar-refractivity contribution < 1.29 is 28.7 Å². The van der Waals surface area contributed by atoms with Gasteiger partial charge in [0.25, 0.3) is 0 Å². The number of hydrazine groups is 1. The van der Waals surface area contributed by atoms with E-state index in [0.29, 0.717) is 24.4 Å². The second kappa shape index (κ2) is 9.57. The maximum Gasteiger partial charge on any atom is 0.338 e. The predicted molar refractivity (Wildman–Crippen MR) is 112 cm³/mol. The van der Waals surface area contributed by atoms with E-state index in [1.165, 1.54) is 24.3 Å². The van der Waals surface area contributed by atoms with Gasteiger partial charge in [0.1, 0.15) is 0 Å². The van der Waals surface area contributed by atoms with E-state index < -0.39 is 5.97 Å². The van der Waals surface area contributed by atoms with Crippen molar-refractivity contribution in [2.45, 2.75) is 33.2 Å². The molecule has 0 aliphatic carbocycles. The number of ketones is 1. The Morgan fingerprint density at radius 2 is 1.81 bits per heavy atom. The summed E-state index contributed by atoms with van der Waals surface area (Å²) in [4.78, 5) is 48.4. The molecule has 2 aromatic rings. The standard InChI is InChI=1S/C22H25N3O6/c1-14-12-18(15(2)24(14)10-11-30-3)19(26)13-31-22(29)16-4-6-17(7-5-16)25-21(28)9-8-20(27)23-25/h4-7,12H,8-11,13H2,1-3H3,(H,23,27). The Balaban J connectivity index is 1.61. The molecule has 2 amide bonds. The van der Waals surface area contributed by atoms with Crippen molar-refractivity contribution >= 4 is 29.3 Å². The molecule has 0 bridgehead atoms. The van der Waals surface area contributed by atoms with Gasteiger partial charge in [-0.25, -0.2) is 9.80 Å². The fourth-order valence-corrected chi connectivity index (χ4v) is 3.43. The Kier molecular flexibility index (Phi) is 6.86. The van der Waals surface area contributed by atoms with Gasteiger partial charge >= 0.3 is 5.97 Å². The van der Waals surface area contributed by atoms with Crippen LogP contribution in [-0.4, -0.2) is 48.5 Å². The normalized spacial score (nSPS) is 13.8. The Hall–Kier alpha value is -3.46. The number of rotatable bonds is 8. The summed E-state index contributed by atoms with van der Waals surface area (Å²) in [6.45, 7) is 4.53. The van der Waals surface area contributed by atoms with Crippen LogP contribution in [0.25, 0.3) is 0 Å². The van der Waals surface area contributed by atoms with Gasteiger partial charge in [-0.1, -0.05) is 0 Å². The van der Waals surface area contributed by atoms with Crippen molar-refractivity contribution in [3.63, 3.8) is 0 Å². The number of benzene rings is 1. The molecule has 1 aromatic carbocycles. The lowest BCUT2D eigenvalue weighted by atomic mass is 10.1. The maximum absolute atomic E-state index is 12.6. The van der Waals surface area contributed by atoms with Gasteiger partial charge in [-0.2, -0.15) is 0 Å². The fraction of sp³-hybridized carbons (Fsp3) is 0.364. The highest BCUT2D eigenvalue weighted by atomic mass is 16.5. The molecular weight excluding hydrogens is 402 g/mol. The van der Waals surface area contributed by atoms with Gasteiger partial charge in [0.15, 0.2) is 6.61 Å². The minimum Gasteiger partial charge on any atom is -0.454 e. The van der Waals surface area contributed by atoms with E-state index in [-0.39, 0.29) is 42.6 Å². The Morgan fingerprint density at radius 1 is 1.10 bits per heavy atom. The number of amides is 2. The van der Waals surface area contributed by atoms with Gasteiger partial charge in [-0.3, -0.25) is 19.8 Å². The number of hydrogen-bond acceptors (Lipinski definition) is 6. The minimum absolute atomic E-state index is 0.129. The number of nitrogens with zero attached hydrogens (tertiary/aromatic N) is 2. The zero-order valence-corrected chi connectivity index (χ0v) is 17.8. The number of aromatic nitrogens is 1. The number of hydrogen-bond donors (Lipinski definition) is 1. The zero-order chi connectivity index (χ0) is 22.5. The van der Waals surface area contributed by atoms with Gasteiger partial charge in [-0.05, 0) is 44.2 Å². The smallest absolute Gasteiger partial charge is 0.338 e. The number of anilines is 1. The van der Waals surface area contributed by atoms with Crippen molar-refractivity contribution in [2.75, 3.05) is 25.3 Å². The summed E-state index contributed by atoms with van der Waals surface area (Å²) in [6.07, 6.45) is 0.284. The summed E-state index contributed by atoms with van der Waals surface area (Å²) in [5, 5.41) is 1.16. The molecule has 0 atom stereocenters. The first-order valence-corrected chi connectivity index (χ1v) is 9.90. The van der Waals surface area contributed by atoms with Crippen LogP contribution in [-0.2, 0) is 25.6 Å². The van der Waals surface area contributed by atoms with Crippen LogP contribution in [0.2, 0.25) is 0 Å². The number of nitrogens with one attached hydrogen (secondary N) is 1. The van der Waals surface area contributed by atoms with E-state index in [1.807, 2.05) is 18.4 Å². The molecule has 0 saturated carbocycles. The number of esters is 1. The molecule has 9 heteroatoms. The Labute approximate surface area is 179 Å². The summed E-state index contributed by atoms with van der Waals surface area (Å²) in [5.41, 5.74) is 5.40. The van der Waals surface area contributed by atoms with E-state index in [2.05, 4.69) is 5.43 Å². The van der Waals surface area contributed by atoms with Gasteiger partial charge < -0.3 is 14.0 Å². The van der Waals surface area contributed by atoms with Crippen molar-refractivity contribution in [3.05, 3.63) is 52.8 Å². The molecule has 0 unspecified atom stereocenters. The van der Waals surface area contributed by atoms with Gasteiger partial charge in [-0.15, -0.1) is 0 Å². The molecule has 31 heavy (non-hydrogen) atoms. The van der Waals surface area contributed by atoms with Crippen LogP contribution in [0.5, 0.6) is 0 Å². The summed E-state index contributed by atoms with van der Waals surface area (Å²) < 4.78 is 12.3. The SMILES string of the molecule is COCCn1c(C)cc(C(=O)COC(=O)c2ccc(N3NC(=O)CCC3=O)cc2)c1C. The number of carbonyl (C=O) groups is 4. The number of carbonyl (C=O) groups excluding carboxylic acids is 4. The van der Waals surface area contributed by atoms with Crippen LogP contribution in [0.4, 0.5) is 5.69 Å². The van der Waals surface area contributed by atoms with Crippen LogP contribution in [0.15, 0.2) is 30.3 Å². The molecule has 1 fully saturated rings. The number of aryl methyl sites for hydroxylation is 1. The summed E-state index contributed by atoms with van der Waals surface area (Å²) in [5.74, 6) is -1.42. The molecule has 3 rings (SSSR count). The zero-order valence-electron chi connectivity index (χ0n) is 17.8. The van der Waals surface area contributed by atoms with Crippen LogP contribution in [0.1, 0.15) is 44.9 Å². The fourth-order valence-electron chi connectivity index (χ4n) is 3.43. The molecule has 1 aromatic heterocycles. The van der Waals surface area contributed by atoms with Gasteiger partial charge in [0.05, 0.1) is 17.9 Å². The largest absolute Gasteiger partial charge is 0.454 e. The monoisotopic (exact) mass is 427 g/mol. The Bertz CT molecular complexity index is 1010. The summed E-state index contributed by atoms with van der Waals surface area (Å²) >= 11 is 0. The molecule has 2 heterocycles. The van der Waals surface area contributed by atoms with E-state index in [9.17, 15) is 19.2 Å². The third kappa shape index (κ3) is 5.00. The quantitative estimate of drug-likeness (QED) is 0.510. The molecular formula is C22H25N3O6. The average molecular weight is 427 g/mol. The molecule has 9 nitrogen and oxygen atoms in total. The topological polar surface area (TPSA) is 107 Å². The third-order valence-corrected chi connectivity index (χ3v) is 5.14. The van der Waals surface area contributed by atoms with Crippen LogP contribution >= 0.6 is 0 Å². The molecule has 1 saturated heterocycles. The Morgan fingerprint density at radius 3 is 2.48 bits per heavy atom. The van der Waals surface area contributed by atoms with Crippen LogP contribution in [0.3, 0.4) is 0 Å². The molecule has 1 aliphatic heterocycles. The lowest BCUT2D eigenvalue weighted by Gasteiger charge is -2.27. The lowest BCUT2D eigenvalue weighted by molar-refractivity contribution is -0.130. The van der Waals surface area contributed by atoms with Crippen molar-refractivity contribution in [1.29, 1.82) is 0 Å². The molecule has 1 N–H and O–H groups in total. The van der Waals surface area contributed by atoms with Crippen molar-refractivity contribution in [1.82, 2.24) is 9.99 Å². The van der Waals surface area contributed by atoms with E-state index in [1.54, 1.807) is 13.2 Å². The highest BCUT2D eigenvalue weighted by molar-refractivity contribution is 6.02. The number of ether oxygens (including phenoxy) is 2. The van der Waals surface area contributed by atoms with Crippen LogP contribution in [0, 0.1) is 13.8 Å². The maximum atomic E-state index is 12.6. The second-order valence-corrected chi connectivity index (χ2v) is 7.24. The first kappa shape index (κ1) is 22.2. The third-order valence-electron chi connectivity index (χ3n) is 5.14. The van der Waals surface area contributed by atoms with Crippen LogP contribution < -0.4 is 10.4 Å². The second-order valence-electron chi connectivity index (χ2n) is 7.24. The molecule has 0 radical (unpaired) electrons. The van der Waals surface area contributed by atoms with Crippen molar-refractivity contribution in [2.24, 2.45) is 0 Å². The minimum atomic E-state index is -0.651. The first-order valence-electron chi connectivity index (χ1n) is 9.90. The highest BCUT2D eigenvalue weighted by Gasteiger charge is 2.24. The first-order chi connectivity index (χ1) is 14.8. The average Bonchev–Trinajstić information content (AvgIpc) is 3.05. The van der Waals surface area contributed by atoms with E-state index >= 15 is 0 Å². The highest BCUT2D eigenvalue weighted by Crippen LogP contribution is 2.19. The lowest BCUT2D eigenvalue weighted by Crippen LogP contribution is -2.50. The van der Waals surface area contributed by atoms with E-state index in [0.717, 1.165) is 16.4 Å². The number of methoxy groups -OCH3 is 1. The van der Waals surface area contributed by atoms with Gasteiger partial charge in [0.2, 0.25) is 17.6 Å². The summed E-state index contributed by atoms with van der Waals surface area (Å²) in [6, 6.07) is 7.80. The predicted octanol–water partition coefficient (Wildman–Crippen LogP) is 1.95. The van der Waals surface area contributed by atoms with E-state index in [4.69, 9.17) is 9.47 Å². The van der Waals surface area contributed by atoms with Crippen molar-refractivity contribution in [3.8, 4) is 0 Å². The summed E-state index contributed by atoms with van der Waals surface area (Å²) in [7, 11) is 1.62. The number of Topliss-reactive ketones (excluding diaryl/α,β-unsaturated/α-hetero) is 1. The molecule has 164 valence electrons.